The molecule has 0 saturated heterocycles. The zero-order chi connectivity index (χ0) is 24.9. The van der Waals surface area contributed by atoms with Crippen LogP contribution in [0, 0.1) is 0 Å². The van der Waals surface area contributed by atoms with Gasteiger partial charge in [0.05, 0.1) is 12.6 Å². The topological polar surface area (TPSA) is 70.7 Å². The summed E-state index contributed by atoms with van der Waals surface area (Å²) in [5.74, 6) is 1.07. The van der Waals surface area contributed by atoms with Gasteiger partial charge < -0.3 is 20.3 Å². The van der Waals surface area contributed by atoms with Gasteiger partial charge in [0.2, 0.25) is 0 Å². The van der Waals surface area contributed by atoms with Crippen LogP contribution in [-0.2, 0) is 11.3 Å². The second kappa shape index (κ2) is 10.6. The van der Waals surface area contributed by atoms with Gasteiger partial charge in [-0.15, -0.1) is 0 Å². The van der Waals surface area contributed by atoms with E-state index in [2.05, 4.69) is 24.5 Å². The van der Waals surface area contributed by atoms with E-state index in [1.807, 2.05) is 85.5 Å². The summed E-state index contributed by atoms with van der Waals surface area (Å²) < 4.78 is 6.10. The largest absolute Gasteiger partial charge is 0.480 e. The minimum atomic E-state index is -0.543. The molecular weight excluding hydrogens is 438 g/mol. The maximum Gasteiger partial charge on any atom is 0.323 e. The van der Waals surface area contributed by atoms with E-state index in [0.717, 1.165) is 16.8 Å². The molecule has 3 amide bonds. The Morgan fingerprint density at radius 1 is 0.943 bits per heavy atom. The summed E-state index contributed by atoms with van der Waals surface area (Å²) >= 11 is 0. The van der Waals surface area contributed by atoms with Crippen LogP contribution in [0.2, 0.25) is 0 Å². The molecule has 6 heteroatoms. The summed E-state index contributed by atoms with van der Waals surface area (Å²) in [5, 5.41) is 5.78. The number of nitrogens with one attached hydrogen (secondary N) is 2. The molecule has 0 spiro atoms. The van der Waals surface area contributed by atoms with Gasteiger partial charge in [0.15, 0.2) is 6.10 Å². The Labute approximate surface area is 207 Å². The van der Waals surface area contributed by atoms with Gasteiger partial charge in [0.1, 0.15) is 5.75 Å². The van der Waals surface area contributed by atoms with Crippen molar-refractivity contribution in [1.29, 1.82) is 0 Å². The van der Waals surface area contributed by atoms with Gasteiger partial charge in [0.25, 0.3) is 5.91 Å². The lowest BCUT2D eigenvalue weighted by molar-refractivity contribution is -0.140. The number of carbonyl (C=O) groups excluding carboxylic acids is 2. The monoisotopic (exact) mass is 471 g/mol. The Morgan fingerprint density at radius 2 is 1.60 bits per heavy atom. The summed E-state index contributed by atoms with van der Waals surface area (Å²) in [6, 6.07) is 22.9. The predicted molar refractivity (Wildman–Crippen MR) is 140 cm³/mol. The average molecular weight is 472 g/mol. The van der Waals surface area contributed by atoms with Crippen LogP contribution in [0.4, 0.5) is 16.2 Å². The Kier molecular flexibility index (Phi) is 7.39. The summed E-state index contributed by atoms with van der Waals surface area (Å²) in [7, 11) is 0. The fourth-order valence-corrected chi connectivity index (χ4v) is 4.29. The summed E-state index contributed by atoms with van der Waals surface area (Å²) in [6.45, 7) is 8.65. The van der Waals surface area contributed by atoms with Crippen molar-refractivity contribution in [2.75, 3.05) is 10.6 Å². The second-order valence-electron chi connectivity index (χ2n) is 9.25. The van der Waals surface area contributed by atoms with Crippen LogP contribution >= 0.6 is 0 Å². The number of carbonyl (C=O) groups is 2. The number of nitrogens with zero attached hydrogens (tertiary/aromatic N) is 1. The highest BCUT2D eigenvalue weighted by Crippen LogP contribution is 2.33. The first-order valence-electron chi connectivity index (χ1n) is 12.2. The molecule has 3 aromatic carbocycles. The molecule has 6 nitrogen and oxygen atoms in total. The molecular formula is C29H33N3O3. The summed E-state index contributed by atoms with van der Waals surface area (Å²) in [4.78, 5) is 27.8. The number of urea groups is 1. The van der Waals surface area contributed by atoms with Crippen LogP contribution in [0.5, 0.6) is 5.75 Å². The number of amides is 3. The third-order valence-electron chi connectivity index (χ3n) is 6.44. The second-order valence-corrected chi connectivity index (χ2v) is 9.25. The van der Waals surface area contributed by atoms with Crippen molar-refractivity contribution in [1.82, 2.24) is 4.90 Å². The highest BCUT2D eigenvalue weighted by atomic mass is 16.5. The fourth-order valence-electron chi connectivity index (χ4n) is 4.29. The highest BCUT2D eigenvalue weighted by molar-refractivity contribution is 5.99. The van der Waals surface area contributed by atoms with E-state index in [9.17, 15) is 9.59 Å². The molecule has 3 aromatic rings. The maximum absolute atomic E-state index is 13.3. The molecule has 2 N–H and O–H groups in total. The molecule has 0 bridgehead atoms. The molecule has 0 saturated carbocycles. The lowest BCUT2D eigenvalue weighted by atomic mass is 10.0. The van der Waals surface area contributed by atoms with Gasteiger partial charge in [0, 0.05) is 16.9 Å². The first kappa shape index (κ1) is 24.3. The van der Waals surface area contributed by atoms with E-state index in [1.54, 1.807) is 6.07 Å². The molecule has 182 valence electrons. The van der Waals surface area contributed by atoms with E-state index in [-0.39, 0.29) is 18.0 Å². The van der Waals surface area contributed by atoms with Crippen molar-refractivity contribution >= 4 is 23.3 Å². The van der Waals surface area contributed by atoms with Crippen molar-refractivity contribution in [2.45, 2.75) is 58.7 Å². The third kappa shape index (κ3) is 5.65. The van der Waals surface area contributed by atoms with Gasteiger partial charge in [-0.05, 0) is 60.7 Å². The summed E-state index contributed by atoms with van der Waals surface area (Å²) in [6.07, 6.45) is 0.0345. The van der Waals surface area contributed by atoms with Crippen LogP contribution in [-0.4, -0.2) is 22.9 Å². The molecule has 4 rings (SSSR count). The zero-order valence-corrected chi connectivity index (χ0v) is 20.7. The predicted octanol–water partition coefficient (Wildman–Crippen LogP) is 6.71. The normalized spacial score (nSPS) is 16.2. The van der Waals surface area contributed by atoms with Crippen molar-refractivity contribution in [3.05, 3.63) is 89.5 Å². The third-order valence-corrected chi connectivity index (χ3v) is 6.44. The van der Waals surface area contributed by atoms with E-state index >= 15 is 0 Å². The first-order chi connectivity index (χ1) is 16.9. The molecule has 1 heterocycles. The van der Waals surface area contributed by atoms with E-state index in [0.29, 0.717) is 30.3 Å². The minimum absolute atomic E-state index is 0.0304. The van der Waals surface area contributed by atoms with Gasteiger partial charge in [-0.2, -0.15) is 0 Å². The minimum Gasteiger partial charge on any atom is -0.480 e. The number of anilines is 2. The zero-order valence-electron chi connectivity index (χ0n) is 20.7. The number of benzene rings is 3. The van der Waals surface area contributed by atoms with Crippen molar-refractivity contribution in [3.8, 4) is 5.75 Å². The van der Waals surface area contributed by atoms with Crippen molar-refractivity contribution in [3.63, 3.8) is 0 Å². The quantitative estimate of drug-likeness (QED) is 0.419. The maximum atomic E-state index is 13.3. The molecule has 0 unspecified atom stereocenters. The molecule has 0 radical (unpaired) electrons. The van der Waals surface area contributed by atoms with Gasteiger partial charge >= 0.3 is 6.03 Å². The van der Waals surface area contributed by atoms with Crippen molar-refractivity contribution < 1.29 is 14.3 Å². The number of fused-ring (bicyclic) bond motifs is 1. The lowest BCUT2D eigenvalue weighted by Gasteiger charge is -2.30. The highest BCUT2D eigenvalue weighted by Gasteiger charge is 2.33. The molecule has 1 aliphatic rings. The van der Waals surface area contributed by atoms with Gasteiger partial charge in [-0.25, -0.2) is 4.79 Å². The molecule has 1 aliphatic heterocycles. The number of hydrogen-bond acceptors (Lipinski definition) is 3. The smallest absolute Gasteiger partial charge is 0.323 e. The number of hydrogen-bond donors (Lipinski definition) is 2. The summed E-state index contributed by atoms with van der Waals surface area (Å²) in [5.41, 5.74) is 4.51. The van der Waals surface area contributed by atoms with Crippen LogP contribution in [0.3, 0.4) is 0 Å². The number of rotatable bonds is 6. The first-order valence-corrected chi connectivity index (χ1v) is 12.2. The Balaban J connectivity index is 1.52. The van der Waals surface area contributed by atoms with E-state index in [1.165, 1.54) is 5.56 Å². The Hall–Kier alpha value is -3.80. The molecule has 35 heavy (non-hydrogen) atoms. The fraction of sp³-hybridized carbons (Fsp3) is 0.310. The SMILES string of the molecule is CC[C@H]1Oc2ccc(NC(=O)Nc3ccc(C(C)C)cc3)cc2CN([C@@H](C)c2ccccc2)C1=O. The molecule has 2 atom stereocenters. The van der Waals surface area contributed by atoms with Gasteiger partial charge in [-0.1, -0.05) is 63.2 Å². The molecule has 0 fully saturated rings. The Bertz CT molecular complexity index is 1180. The van der Waals surface area contributed by atoms with E-state index < -0.39 is 6.10 Å². The van der Waals surface area contributed by atoms with Crippen LogP contribution in [0.25, 0.3) is 0 Å². The lowest BCUT2D eigenvalue weighted by Crippen LogP contribution is -2.40. The molecule has 0 aliphatic carbocycles. The van der Waals surface area contributed by atoms with Crippen LogP contribution in [0.15, 0.2) is 72.8 Å². The average Bonchev–Trinajstić information content (AvgIpc) is 3.00. The molecule has 0 aromatic heterocycles. The number of ether oxygens (including phenoxy) is 1. The van der Waals surface area contributed by atoms with Crippen molar-refractivity contribution in [2.24, 2.45) is 0 Å². The van der Waals surface area contributed by atoms with Crippen LogP contribution in [0.1, 0.15) is 62.8 Å². The standard InChI is InChI=1S/C29H33N3O3/c1-5-26-28(33)32(20(4)22-9-7-6-8-10-22)18-23-17-25(15-16-27(23)35-26)31-29(34)30-24-13-11-21(12-14-24)19(2)3/h6-17,19-20,26H,5,18H2,1-4H3,(H2,30,31,34)/t20-,26+/m0/s1. The van der Waals surface area contributed by atoms with E-state index in [4.69, 9.17) is 4.74 Å². The van der Waals surface area contributed by atoms with Gasteiger partial charge in [-0.3, -0.25) is 4.79 Å². The van der Waals surface area contributed by atoms with Crippen LogP contribution < -0.4 is 15.4 Å². The Morgan fingerprint density at radius 3 is 2.26 bits per heavy atom.